The smallest absolute Gasteiger partial charge is 0.251 e. The fourth-order valence-corrected chi connectivity index (χ4v) is 2.57. The van der Waals surface area contributed by atoms with Crippen LogP contribution in [0.4, 0.5) is 14.5 Å². The van der Waals surface area contributed by atoms with Gasteiger partial charge in [-0.15, -0.1) is 0 Å². The van der Waals surface area contributed by atoms with Crippen LogP contribution >= 0.6 is 0 Å². The fourth-order valence-electron chi connectivity index (χ4n) is 2.57. The Morgan fingerprint density at radius 2 is 1.95 bits per heavy atom. The molecule has 1 aliphatic rings. The van der Waals surface area contributed by atoms with Gasteiger partial charge in [-0.3, -0.25) is 9.69 Å². The van der Waals surface area contributed by atoms with E-state index in [1.807, 2.05) is 9.80 Å². The number of alkyl halides is 1. The molecular weight excluding hydrogens is 264 g/mol. The lowest BCUT2D eigenvalue weighted by atomic mass is 10.1. The van der Waals surface area contributed by atoms with Gasteiger partial charge in [-0.1, -0.05) is 0 Å². The Kier molecular flexibility index (Phi) is 4.54. The van der Waals surface area contributed by atoms with E-state index in [0.29, 0.717) is 12.1 Å². The number of piperazine rings is 1. The quantitative estimate of drug-likeness (QED) is 0.907. The molecule has 1 amide bonds. The monoisotopic (exact) mass is 283 g/mol. The van der Waals surface area contributed by atoms with Crippen molar-refractivity contribution >= 4 is 11.6 Å². The molecule has 1 fully saturated rings. The summed E-state index contributed by atoms with van der Waals surface area (Å²) < 4.78 is 26.2. The Labute approximate surface area is 117 Å². The van der Waals surface area contributed by atoms with Crippen LogP contribution in [-0.2, 0) is 0 Å². The van der Waals surface area contributed by atoms with Gasteiger partial charge in [-0.25, -0.2) is 8.78 Å². The van der Waals surface area contributed by atoms with Gasteiger partial charge in [0.25, 0.3) is 5.91 Å². The molecule has 0 bridgehead atoms. The van der Waals surface area contributed by atoms with E-state index < -0.39 is 11.7 Å². The average Bonchev–Trinajstić information content (AvgIpc) is 2.38. The standard InChI is InChI=1S/C14H19F2N3O/c1-10-8-11(9-12(16)13(10)14(17)20)19-6-4-18(3-2-15)5-7-19/h8-9H,2-7H2,1H3,(H2,17,20). The van der Waals surface area contributed by atoms with Gasteiger partial charge in [0.15, 0.2) is 0 Å². The van der Waals surface area contributed by atoms with Crippen molar-refractivity contribution in [3.05, 3.63) is 29.1 Å². The highest BCUT2D eigenvalue weighted by Gasteiger charge is 2.20. The van der Waals surface area contributed by atoms with E-state index in [1.54, 1.807) is 13.0 Å². The zero-order valence-electron chi connectivity index (χ0n) is 11.5. The Morgan fingerprint density at radius 1 is 1.30 bits per heavy atom. The van der Waals surface area contributed by atoms with Crippen LogP contribution in [0.3, 0.4) is 0 Å². The summed E-state index contributed by atoms with van der Waals surface area (Å²) in [6.07, 6.45) is 0. The molecule has 1 aliphatic heterocycles. The van der Waals surface area contributed by atoms with Crippen LogP contribution < -0.4 is 10.6 Å². The molecule has 6 heteroatoms. The zero-order chi connectivity index (χ0) is 14.7. The van der Waals surface area contributed by atoms with E-state index in [4.69, 9.17) is 5.73 Å². The first-order valence-corrected chi connectivity index (χ1v) is 6.66. The van der Waals surface area contributed by atoms with Gasteiger partial charge in [0.05, 0.1) is 5.56 Å². The molecule has 1 saturated heterocycles. The average molecular weight is 283 g/mol. The number of carbonyl (C=O) groups is 1. The molecular formula is C14H19F2N3O. The van der Waals surface area contributed by atoms with Gasteiger partial charge in [-0.05, 0) is 24.6 Å². The highest BCUT2D eigenvalue weighted by atomic mass is 19.1. The Hall–Kier alpha value is -1.69. The number of benzene rings is 1. The summed E-state index contributed by atoms with van der Waals surface area (Å²) in [5.74, 6) is -1.34. The summed E-state index contributed by atoms with van der Waals surface area (Å²) in [6.45, 7) is 4.71. The van der Waals surface area contributed by atoms with Gasteiger partial charge < -0.3 is 10.6 Å². The van der Waals surface area contributed by atoms with Crippen LogP contribution in [0.5, 0.6) is 0 Å². The summed E-state index contributed by atoms with van der Waals surface area (Å²) in [7, 11) is 0. The Bertz CT molecular complexity index is 476. The minimum atomic E-state index is -0.751. The number of amides is 1. The van der Waals surface area contributed by atoms with Crippen molar-refractivity contribution in [3.8, 4) is 0 Å². The number of anilines is 1. The van der Waals surface area contributed by atoms with Gasteiger partial charge >= 0.3 is 0 Å². The van der Waals surface area contributed by atoms with Crippen molar-refractivity contribution in [2.45, 2.75) is 6.92 Å². The van der Waals surface area contributed by atoms with Crippen molar-refractivity contribution in [2.75, 3.05) is 44.3 Å². The topological polar surface area (TPSA) is 49.6 Å². The molecule has 1 aromatic rings. The molecule has 2 rings (SSSR count). The van der Waals surface area contributed by atoms with Gasteiger partial charge in [0, 0.05) is 38.4 Å². The van der Waals surface area contributed by atoms with Gasteiger partial charge in [0.2, 0.25) is 0 Å². The number of nitrogens with two attached hydrogens (primary N) is 1. The normalized spacial score (nSPS) is 16.4. The van der Waals surface area contributed by atoms with E-state index in [1.165, 1.54) is 6.07 Å². The van der Waals surface area contributed by atoms with E-state index >= 15 is 0 Å². The van der Waals surface area contributed by atoms with Crippen LogP contribution in [-0.4, -0.2) is 50.2 Å². The maximum atomic E-state index is 13.9. The molecule has 1 heterocycles. The first kappa shape index (κ1) is 14.7. The largest absolute Gasteiger partial charge is 0.369 e. The predicted octanol–water partition coefficient (Wildman–Crippen LogP) is 1.32. The van der Waals surface area contributed by atoms with Crippen LogP contribution in [0.2, 0.25) is 0 Å². The highest BCUT2D eigenvalue weighted by molar-refractivity contribution is 5.95. The second-order valence-corrected chi connectivity index (χ2v) is 5.00. The maximum absolute atomic E-state index is 13.9. The summed E-state index contributed by atoms with van der Waals surface area (Å²) in [5, 5.41) is 0. The summed E-state index contributed by atoms with van der Waals surface area (Å²) in [4.78, 5) is 15.2. The Balaban J connectivity index is 2.13. The number of rotatable bonds is 4. The lowest BCUT2D eigenvalue weighted by Crippen LogP contribution is -2.47. The maximum Gasteiger partial charge on any atom is 0.251 e. The minimum Gasteiger partial charge on any atom is -0.369 e. The number of hydrogen-bond donors (Lipinski definition) is 1. The van der Waals surface area contributed by atoms with Crippen molar-refractivity contribution in [1.29, 1.82) is 0 Å². The molecule has 2 N–H and O–H groups in total. The van der Waals surface area contributed by atoms with E-state index in [0.717, 1.165) is 31.9 Å². The SMILES string of the molecule is Cc1cc(N2CCN(CCF)CC2)cc(F)c1C(N)=O. The van der Waals surface area contributed by atoms with E-state index in [9.17, 15) is 13.6 Å². The van der Waals surface area contributed by atoms with Crippen LogP contribution in [0.1, 0.15) is 15.9 Å². The third kappa shape index (κ3) is 3.07. The number of carbonyl (C=O) groups excluding carboxylic acids is 1. The number of nitrogens with zero attached hydrogens (tertiary/aromatic N) is 2. The van der Waals surface area contributed by atoms with Gasteiger partial charge in [0.1, 0.15) is 12.5 Å². The first-order valence-electron chi connectivity index (χ1n) is 6.66. The molecule has 20 heavy (non-hydrogen) atoms. The second-order valence-electron chi connectivity index (χ2n) is 5.00. The first-order chi connectivity index (χ1) is 9.52. The van der Waals surface area contributed by atoms with E-state index in [2.05, 4.69) is 0 Å². The predicted molar refractivity (Wildman–Crippen MR) is 74.3 cm³/mol. The number of aryl methyl sites for hydroxylation is 1. The molecule has 0 radical (unpaired) electrons. The number of primary amides is 1. The second kappa shape index (κ2) is 6.17. The molecule has 1 aromatic carbocycles. The Morgan fingerprint density at radius 3 is 2.45 bits per heavy atom. The number of halogens is 2. The lowest BCUT2D eigenvalue weighted by Gasteiger charge is -2.35. The van der Waals surface area contributed by atoms with Crippen molar-refractivity contribution in [2.24, 2.45) is 5.73 Å². The third-order valence-electron chi connectivity index (χ3n) is 3.66. The van der Waals surface area contributed by atoms with Crippen molar-refractivity contribution in [1.82, 2.24) is 4.90 Å². The molecule has 110 valence electrons. The van der Waals surface area contributed by atoms with Crippen molar-refractivity contribution < 1.29 is 13.6 Å². The third-order valence-corrected chi connectivity index (χ3v) is 3.66. The highest BCUT2D eigenvalue weighted by Crippen LogP contribution is 2.23. The molecule has 0 spiro atoms. The fraction of sp³-hybridized carbons (Fsp3) is 0.500. The van der Waals surface area contributed by atoms with Crippen molar-refractivity contribution in [3.63, 3.8) is 0 Å². The lowest BCUT2D eigenvalue weighted by molar-refractivity contribution is 0.0996. The molecule has 0 aliphatic carbocycles. The number of hydrogen-bond acceptors (Lipinski definition) is 3. The van der Waals surface area contributed by atoms with Crippen LogP contribution in [0.25, 0.3) is 0 Å². The summed E-state index contributed by atoms with van der Waals surface area (Å²) >= 11 is 0. The van der Waals surface area contributed by atoms with Crippen LogP contribution in [0.15, 0.2) is 12.1 Å². The molecule has 0 aromatic heterocycles. The molecule has 0 atom stereocenters. The summed E-state index contributed by atoms with van der Waals surface area (Å²) in [6, 6.07) is 3.12. The van der Waals surface area contributed by atoms with Gasteiger partial charge in [-0.2, -0.15) is 0 Å². The zero-order valence-corrected chi connectivity index (χ0v) is 11.5. The van der Waals surface area contributed by atoms with E-state index in [-0.39, 0.29) is 12.2 Å². The van der Waals surface area contributed by atoms with Crippen LogP contribution in [0, 0.1) is 12.7 Å². The summed E-state index contributed by atoms with van der Waals surface area (Å²) in [5.41, 5.74) is 6.39. The molecule has 0 unspecified atom stereocenters. The minimum absolute atomic E-state index is 0.0511. The molecule has 4 nitrogen and oxygen atoms in total. The molecule has 0 saturated carbocycles.